The lowest BCUT2D eigenvalue weighted by atomic mass is 10.1. The summed E-state index contributed by atoms with van der Waals surface area (Å²) in [7, 11) is 2.75. The summed E-state index contributed by atoms with van der Waals surface area (Å²) in [6.45, 7) is 3.54. The summed E-state index contributed by atoms with van der Waals surface area (Å²) in [5.74, 6) is -0.572. The Balaban J connectivity index is 2.75. The number of benzene rings is 1. The van der Waals surface area contributed by atoms with Gasteiger partial charge in [-0.05, 0) is 31.5 Å². The predicted molar refractivity (Wildman–Crippen MR) is 66.0 cm³/mol. The average molecular weight is 255 g/mol. The lowest BCUT2D eigenvalue weighted by Gasteiger charge is -2.19. The molecule has 100 valence electrons. The van der Waals surface area contributed by atoms with Gasteiger partial charge in [-0.15, -0.1) is 0 Å². The lowest BCUT2D eigenvalue weighted by molar-refractivity contribution is -0.142. The zero-order chi connectivity index (χ0) is 13.7. The first-order valence-electron chi connectivity index (χ1n) is 5.67. The Hall–Kier alpha value is -1.62. The maximum absolute atomic E-state index is 13.5. The molecule has 1 aromatic carbocycles. The minimum Gasteiger partial charge on any atom is -0.494 e. The Morgan fingerprint density at radius 1 is 1.33 bits per heavy atom. The van der Waals surface area contributed by atoms with Gasteiger partial charge in [-0.3, -0.25) is 10.1 Å². The number of carbonyl (C=O) groups excluding carboxylic acids is 1. The highest BCUT2D eigenvalue weighted by Crippen LogP contribution is 2.21. The number of rotatable bonds is 5. The van der Waals surface area contributed by atoms with Crippen molar-refractivity contribution in [3.8, 4) is 5.75 Å². The third-order valence-corrected chi connectivity index (χ3v) is 2.73. The molecule has 0 aliphatic rings. The van der Waals surface area contributed by atoms with Crippen LogP contribution in [0.2, 0.25) is 0 Å². The Labute approximate surface area is 106 Å². The van der Waals surface area contributed by atoms with E-state index in [1.165, 1.54) is 20.3 Å². The summed E-state index contributed by atoms with van der Waals surface area (Å²) in [6, 6.07) is 4.09. The van der Waals surface area contributed by atoms with Gasteiger partial charge in [-0.25, -0.2) is 4.39 Å². The fourth-order valence-corrected chi connectivity index (χ4v) is 1.67. The minimum absolute atomic E-state index is 0.167. The van der Waals surface area contributed by atoms with E-state index in [0.29, 0.717) is 0 Å². The van der Waals surface area contributed by atoms with Gasteiger partial charge in [0.25, 0.3) is 0 Å². The zero-order valence-electron chi connectivity index (χ0n) is 11.0. The highest BCUT2D eigenvalue weighted by Gasteiger charge is 2.17. The quantitative estimate of drug-likeness (QED) is 0.818. The summed E-state index contributed by atoms with van der Waals surface area (Å²) in [5, 5.41) is 3.03. The smallest absolute Gasteiger partial charge is 0.322 e. The third kappa shape index (κ3) is 3.43. The van der Waals surface area contributed by atoms with Crippen molar-refractivity contribution in [3.05, 3.63) is 29.6 Å². The molecule has 0 radical (unpaired) electrons. The molecule has 0 spiro atoms. The van der Waals surface area contributed by atoms with Crippen LogP contribution in [0.5, 0.6) is 5.75 Å². The van der Waals surface area contributed by atoms with Crippen molar-refractivity contribution >= 4 is 5.97 Å². The number of ether oxygens (including phenoxy) is 2. The molecule has 0 saturated heterocycles. The molecule has 0 fully saturated rings. The molecule has 0 aliphatic carbocycles. The Kier molecular flexibility index (Phi) is 5.09. The largest absolute Gasteiger partial charge is 0.494 e. The van der Waals surface area contributed by atoms with E-state index in [1.807, 2.05) is 6.92 Å². The van der Waals surface area contributed by atoms with Gasteiger partial charge in [-0.1, -0.05) is 6.07 Å². The maximum atomic E-state index is 13.5. The van der Waals surface area contributed by atoms with E-state index in [1.54, 1.807) is 19.1 Å². The number of esters is 1. The van der Waals surface area contributed by atoms with Gasteiger partial charge in [0.1, 0.15) is 6.04 Å². The Morgan fingerprint density at radius 3 is 2.50 bits per heavy atom. The molecule has 0 bridgehead atoms. The van der Waals surface area contributed by atoms with Crippen LogP contribution in [0.1, 0.15) is 25.5 Å². The summed E-state index contributed by atoms with van der Waals surface area (Å²) in [5.41, 5.74) is 0.740. The highest BCUT2D eigenvalue weighted by atomic mass is 19.1. The third-order valence-electron chi connectivity index (χ3n) is 2.73. The van der Waals surface area contributed by atoms with Crippen molar-refractivity contribution in [1.82, 2.24) is 5.32 Å². The van der Waals surface area contributed by atoms with Crippen molar-refractivity contribution in [2.45, 2.75) is 25.9 Å². The maximum Gasteiger partial charge on any atom is 0.322 e. The van der Waals surface area contributed by atoms with E-state index in [9.17, 15) is 9.18 Å². The first-order chi connectivity index (χ1) is 8.49. The molecule has 0 aromatic heterocycles. The molecule has 5 heteroatoms. The van der Waals surface area contributed by atoms with Gasteiger partial charge in [0.15, 0.2) is 11.6 Å². The number of hydrogen-bond acceptors (Lipinski definition) is 4. The second-order valence-corrected chi connectivity index (χ2v) is 4.03. The molecule has 4 nitrogen and oxygen atoms in total. The van der Waals surface area contributed by atoms with Gasteiger partial charge in [-0.2, -0.15) is 0 Å². The highest BCUT2D eigenvalue weighted by molar-refractivity contribution is 5.75. The normalized spacial score (nSPS) is 13.8. The number of halogens is 1. The fourth-order valence-electron chi connectivity index (χ4n) is 1.67. The standard InChI is InChI=1S/C13H18FNO3/c1-8(15-9(2)13(16)18-4)10-5-6-12(17-3)11(14)7-10/h5-9,15H,1-4H3/t8?,9-/m0/s1. The molecule has 1 unspecified atom stereocenters. The Morgan fingerprint density at radius 2 is 2.00 bits per heavy atom. The van der Waals surface area contributed by atoms with Gasteiger partial charge < -0.3 is 9.47 Å². The SMILES string of the molecule is COC(=O)[C@H](C)NC(C)c1ccc(OC)c(F)c1. The van der Waals surface area contributed by atoms with Crippen molar-refractivity contribution in [1.29, 1.82) is 0 Å². The molecule has 18 heavy (non-hydrogen) atoms. The molecule has 0 amide bonds. The van der Waals surface area contributed by atoms with Gasteiger partial charge in [0.2, 0.25) is 0 Å². The van der Waals surface area contributed by atoms with Crippen LogP contribution in [0.25, 0.3) is 0 Å². The molecule has 2 atom stereocenters. The first-order valence-corrected chi connectivity index (χ1v) is 5.67. The zero-order valence-corrected chi connectivity index (χ0v) is 11.0. The van der Waals surface area contributed by atoms with E-state index >= 15 is 0 Å². The van der Waals surface area contributed by atoms with E-state index in [0.717, 1.165) is 5.56 Å². The van der Waals surface area contributed by atoms with Crippen LogP contribution >= 0.6 is 0 Å². The van der Waals surface area contributed by atoms with Crippen molar-refractivity contribution in [2.75, 3.05) is 14.2 Å². The van der Waals surface area contributed by atoms with E-state index < -0.39 is 11.9 Å². The fraction of sp³-hybridized carbons (Fsp3) is 0.462. The monoisotopic (exact) mass is 255 g/mol. The molecular formula is C13H18FNO3. The lowest BCUT2D eigenvalue weighted by Crippen LogP contribution is -2.36. The summed E-state index contributed by atoms with van der Waals surface area (Å²) in [6.07, 6.45) is 0. The van der Waals surface area contributed by atoms with Crippen LogP contribution in [-0.4, -0.2) is 26.2 Å². The number of methoxy groups -OCH3 is 2. The summed E-state index contributed by atoms with van der Waals surface area (Å²) < 4.78 is 23.0. The van der Waals surface area contributed by atoms with E-state index in [4.69, 9.17) is 4.74 Å². The van der Waals surface area contributed by atoms with Crippen LogP contribution in [-0.2, 0) is 9.53 Å². The second-order valence-electron chi connectivity index (χ2n) is 4.03. The first kappa shape index (κ1) is 14.4. The van der Waals surface area contributed by atoms with E-state index in [2.05, 4.69) is 10.1 Å². The van der Waals surface area contributed by atoms with Crippen molar-refractivity contribution < 1.29 is 18.7 Å². The van der Waals surface area contributed by atoms with Gasteiger partial charge >= 0.3 is 5.97 Å². The molecule has 0 saturated carbocycles. The van der Waals surface area contributed by atoms with Crippen molar-refractivity contribution in [2.24, 2.45) is 0 Å². The van der Waals surface area contributed by atoms with Crippen LogP contribution in [0.3, 0.4) is 0 Å². The summed E-state index contributed by atoms with van der Waals surface area (Å²) in [4.78, 5) is 11.3. The Bertz CT molecular complexity index is 423. The van der Waals surface area contributed by atoms with Crippen LogP contribution < -0.4 is 10.1 Å². The van der Waals surface area contributed by atoms with Gasteiger partial charge in [0, 0.05) is 6.04 Å². The van der Waals surface area contributed by atoms with Crippen LogP contribution in [0, 0.1) is 5.82 Å². The molecule has 1 rings (SSSR count). The summed E-state index contributed by atoms with van der Waals surface area (Å²) >= 11 is 0. The molecule has 1 aromatic rings. The predicted octanol–water partition coefficient (Wildman–Crippen LogP) is 2.05. The number of nitrogens with one attached hydrogen (secondary N) is 1. The number of hydrogen-bond donors (Lipinski definition) is 1. The molecular weight excluding hydrogens is 237 g/mol. The molecule has 0 aliphatic heterocycles. The van der Waals surface area contributed by atoms with Crippen LogP contribution in [0.4, 0.5) is 4.39 Å². The molecule has 1 N–H and O–H groups in total. The minimum atomic E-state index is -0.449. The number of carbonyl (C=O) groups is 1. The average Bonchev–Trinajstić information content (AvgIpc) is 2.37. The van der Waals surface area contributed by atoms with Crippen LogP contribution in [0.15, 0.2) is 18.2 Å². The topological polar surface area (TPSA) is 47.6 Å². The second kappa shape index (κ2) is 6.35. The van der Waals surface area contributed by atoms with E-state index in [-0.39, 0.29) is 17.8 Å². The van der Waals surface area contributed by atoms with Gasteiger partial charge in [0.05, 0.1) is 14.2 Å². The molecule has 0 heterocycles. The van der Waals surface area contributed by atoms with Crippen molar-refractivity contribution in [3.63, 3.8) is 0 Å².